The first-order chi connectivity index (χ1) is 14.1. The molecule has 30 heavy (non-hydrogen) atoms. The fourth-order valence-electron chi connectivity index (χ4n) is 4.03. The molecule has 0 aliphatic heterocycles. The molecule has 0 spiro atoms. The van der Waals surface area contributed by atoms with Crippen LogP contribution in [-0.2, 0) is 10.0 Å². The molecule has 1 saturated carbocycles. The number of nitrogens with zero attached hydrogens (tertiary/aromatic N) is 1. The van der Waals surface area contributed by atoms with Crippen molar-refractivity contribution in [1.82, 2.24) is 14.7 Å². The van der Waals surface area contributed by atoms with Crippen LogP contribution < -0.4 is 4.72 Å². The Morgan fingerprint density at radius 3 is 2.47 bits per heavy atom. The van der Waals surface area contributed by atoms with E-state index in [2.05, 4.69) is 14.7 Å². The highest BCUT2D eigenvalue weighted by molar-refractivity contribution is 7.90. The second-order valence-corrected chi connectivity index (χ2v) is 11.6. The van der Waals surface area contributed by atoms with Crippen molar-refractivity contribution in [3.63, 3.8) is 0 Å². The summed E-state index contributed by atoms with van der Waals surface area (Å²) in [5.74, 6) is 0.0289. The Morgan fingerprint density at radius 1 is 1.10 bits per heavy atom. The van der Waals surface area contributed by atoms with Gasteiger partial charge in [-0.3, -0.25) is 4.98 Å². The van der Waals surface area contributed by atoms with E-state index in [1.807, 2.05) is 24.3 Å². The van der Waals surface area contributed by atoms with Gasteiger partial charge in [0.05, 0.1) is 10.4 Å². The topological polar surface area (TPSA) is 74.8 Å². The molecule has 0 saturated heterocycles. The number of halogens is 1. The maximum absolute atomic E-state index is 14.6. The number of pyridine rings is 1. The molecule has 160 valence electrons. The van der Waals surface area contributed by atoms with Gasteiger partial charge in [0.25, 0.3) is 0 Å². The van der Waals surface area contributed by atoms with Crippen LogP contribution in [-0.4, -0.2) is 29.2 Å². The first-order valence-corrected chi connectivity index (χ1v) is 11.9. The molecule has 0 unspecified atom stereocenters. The Bertz CT molecular complexity index is 1140. The van der Waals surface area contributed by atoms with Crippen LogP contribution in [0.15, 0.2) is 42.6 Å². The number of hydrogen-bond acceptors (Lipinski definition) is 3. The van der Waals surface area contributed by atoms with Crippen molar-refractivity contribution in [2.75, 3.05) is 0 Å². The normalized spacial score (nSPS) is 20.5. The summed E-state index contributed by atoms with van der Waals surface area (Å²) in [5, 5.41) is 0.845. The predicted molar refractivity (Wildman–Crippen MR) is 118 cm³/mol. The average molecular weight is 430 g/mol. The molecule has 0 atom stereocenters. The Hall–Kier alpha value is -2.25. The van der Waals surface area contributed by atoms with Crippen LogP contribution in [0.5, 0.6) is 0 Å². The second-order valence-electron chi connectivity index (χ2n) is 9.14. The lowest BCUT2D eigenvalue weighted by molar-refractivity contribution is 0.368. The lowest BCUT2D eigenvalue weighted by Crippen LogP contribution is -2.45. The van der Waals surface area contributed by atoms with Crippen LogP contribution in [0.1, 0.15) is 58.1 Å². The molecule has 1 aromatic carbocycles. The van der Waals surface area contributed by atoms with E-state index in [0.29, 0.717) is 17.2 Å². The zero-order chi connectivity index (χ0) is 21.5. The van der Waals surface area contributed by atoms with Gasteiger partial charge in [0.2, 0.25) is 10.0 Å². The minimum Gasteiger partial charge on any atom is -0.358 e. The summed E-state index contributed by atoms with van der Waals surface area (Å²) < 4.78 is 41.5. The molecule has 1 aliphatic rings. The third-order valence-electron chi connectivity index (χ3n) is 5.97. The zero-order valence-corrected chi connectivity index (χ0v) is 18.4. The highest BCUT2D eigenvalue weighted by Gasteiger charge is 2.33. The molecule has 2 aromatic heterocycles. The highest BCUT2D eigenvalue weighted by atomic mass is 32.2. The summed E-state index contributed by atoms with van der Waals surface area (Å²) in [6.07, 6.45) is 5.02. The first kappa shape index (κ1) is 21.0. The summed E-state index contributed by atoms with van der Waals surface area (Å²) >= 11 is 0. The van der Waals surface area contributed by atoms with Gasteiger partial charge in [-0.05, 0) is 82.7 Å². The lowest BCUT2D eigenvalue weighted by Gasteiger charge is -2.31. The van der Waals surface area contributed by atoms with E-state index >= 15 is 0 Å². The van der Waals surface area contributed by atoms with E-state index in [1.54, 1.807) is 39.1 Å². The lowest BCUT2D eigenvalue weighted by atomic mass is 9.84. The van der Waals surface area contributed by atoms with Crippen molar-refractivity contribution in [2.45, 2.75) is 63.2 Å². The Labute approximate surface area is 177 Å². The largest absolute Gasteiger partial charge is 0.358 e. The van der Waals surface area contributed by atoms with Gasteiger partial charge in [-0.2, -0.15) is 0 Å². The summed E-state index contributed by atoms with van der Waals surface area (Å²) in [4.78, 5) is 7.71. The predicted octanol–water partition coefficient (Wildman–Crippen LogP) is 5.11. The van der Waals surface area contributed by atoms with Crippen LogP contribution >= 0.6 is 0 Å². The van der Waals surface area contributed by atoms with Gasteiger partial charge in [0, 0.05) is 34.4 Å². The first-order valence-electron chi connectivity index (χ1n) is 10.4. The molecule has 0 bridgehead atoms. The minimum absolute atomic E-state index is 0.0249. The highest BCUT2D eigenvalue weighted by Crippen LogP contribution is 2.36. The fraction of sp³-hybridized carbons (Fsp3) is 0.435. The van der Waals surface area contributed by atoms with Gasteiger partial charge < -0.3 is 4.98 Å². The van der Waals surface area contributed by atoms with Gasteiger partial charge in [-0.15, -0.1) is 0 Å². The van der Waals surface area contributed by atoms with Gasteiger partial charge in [-0.25, -0.2) is 17.5 Å². The van der Waals surface area contributed by atoms with Gasteiger partial charge in [0.1, 0.15) is 5.82 Å². The zero-order valence-electron chi connectivity index (χ0n) is 17.6. The second kappa shape index (κ2) is 7.78. The Morgan fingerprint density at radius 2 is 1.83 bits per heavy atom. The fourth-order valence-corrected chi connectivity index (χ4v) is 5.06. The smallest absolute Gasteiger partial charge is 0.216 e. The van der Waals surface area contributed by atoms with E-state index < -0.39 is 14.8 Å². The Balaban J connectivity index is 1.50. The van der Waals surface area contributed by atoms with Crippen molar-refractivity contribution in [2.24, 2.45) is 0 Å². The molecule has 4 rings (SSSR count). The SMILES string of the molecule is CC(C)(C)S(=O)(=O)N[C@H]1CC[C@H](c2cc3cc(F)c(-c4ccccn4)cc3[nH]2)CC1. The van der Waals surface area contributed by atoms with Crippen LogP contribution in [0.2, 0.25) is 0 Å². The molecule has 2 N–H and O–H groups in total. The third kappa shape index (κ3) is 4.14. The molecular weight excluding hydrogens is 401 g/mol. The molecule has 1 fully saturated rings. The molecule has 1 aliphatic carbocycles. The number of benzene rings is 1. The third-order valence-corrected chi connectivity index (χ3v) is 8.22. The van der Waals surface area contributed by atoms with Gasteiger partial charge in [-0.1, -0.05) is 6.07 Å². The number of sulfonamides is 1. The van der Waals surface area contributed by atoms with Crippen LogP contribution in [0, 0.1) is 5.82 Å². The number of aromatic nitrogens is 2. The van der Waals surface area contributed by atoms with E-state index in [1.165, 1.54) is 0 Å². The number of hydrogen-bond donors (Lipinski definition) is 2. The maximum Gasteiger partial charge on any atom is 0.216 e. The summed E-state index contributed by atoms with van der Waals surface area (Å²) in [6, 6.07) is 10.8. The van der Waals surface area contributed by atoms with Gasteiger partial charge >= 0.3 is 0 Å². The van der Waals surface area contributed by atoms with Crippen molar-refractivity contribution in [3.05, 3.63) is 54.1 Å². The summed E-state index contributed by atoms with van der Waals surface area (Å²) in [6.45, 7) is 5.14. The average Bonchev–Trinajstić information content (AvgIpc) is 3.10. The van der Waals surface area contributed by atoms with Gasteiger partial charge in [0.15, 0.2) is 0 Å². The number of rotatable bonds is 4. The quantitative estimate of drug-likeness (QED) is 0.605. The van der Waals surface area contributed by atoms with Crippen LogP contribution in [0.4, 0.5) is 4.39 Å². The number of aromatic amines is 1. The van der Waals surface area contributed by atoms with Crippen molar-refractivity contribution in [3.8, 4) is 11.3 Å². The van der Waals surface area contributed by atoms with Crippen molar-refractivity contribution in [1.29, 1.82) is 0 Å². The molecule has 0 radical (unpaired) electrons. The number of nitrogens with one attached hydrogen (secondary N) is 2. The molecular formula is C23H28FN3O2S. The minimum atomic E-state index is -3.34. The summed E-state index contributed by atoms with van der Waals surface area (Å²) in [5.41, 5.74) is 3.07. The molecule has 2 heterocycles. The summed E-state index contributed by atoms with van der Waals surface area (Å²) in [7, 11) is -3.34. The monoisotopic (exact) mass is 429 g/mol. The molecule has 0 amide bonds. The molecule has 5 nitrogen and oxygen atoms in total. The van der Waals surface area contributed by atoms with Crippen LogP contribution in [0.3, 0.4) is 0 Å². The van der Waals surface area contributed by atoms with E-state index in [9.17, 15) is 12.8 Å². The van der Waals surface area contributed by atoms with E-state index in [4.69, 9.17) is 0 Å². The number of H-pyrrole nitrogens is 1. The number of fused-ring (bicyclic) bond motifs is 1. The van der Waals surface area contributed by atoms with E-state index in [0.717, 1.165) is 42.3 Å². The van der Waals surface area contributed by atoms with Crippen molar-refractivity contribution >= 4 is 20.9 Å². The molecule has 7 heteroatoms. The standard InChI is InChI=1S/C23H28FN3O2S/c1-23(2,3)30(28,29)27-17-9-7-15(8-10-17)21-13-16-12-19(24)18(14-22(16)26-21)20-6-4-5-11-25-20/h4-6,11-15,17,26-27H,7-10H2,1-3H3/t15-,17-. The Kier molecular flexibility index (Phi) is 5.45. The maximum atomic E-state index is 14.6. The van der Waals surface area contributed by atoms with E-state index in [-0.39, 0.29) is 11.9 Å². The van der Waals surface area contributed by atoms with Crippen LogP contribution in [0.25, 0.3) is 22.2 Å². The molecule has 3 aromatic rings. The van der Waals surface area contributed by atoms with Crippen molar-refractivity contribution < 1.29 is 12.8 Å².